The van der Waals surface area contributed by atoms with Gasteiger partial charge in [-0.1, -0.05) is 19.9 Å². The van der Waals surface area contributed by atoms with Gasteiger partial charge in [-0.25, -0.2) is 0 Å². The van der Waals surface area contributed by atoms with Crippen molar-refractivity contribution in [1.29, 1.82) is 0 Å². The van der Waals surface area contributed by atoms with E-state index in [1.807, 2.05) is 33.7 Å². The lowest BCUT2D eigenvalue weighted by Crippen LogP contribution is -2.49. The van der Waals surface area contributed by atoms with Gasteiger partial charge in [0.1, 0.15) is 0 Å². The first kappa shape index (κ1) is 14.8. The Morgan fingerprint density at radius 1 is 1.18 bits per heavy atom. The van der Waals surface area contributed by atoms with Gasteiger partial charge in [0.25, 0.3) is 0 Å². The van der Waals surface area contributed by atoms with Gasteiger partial charge in [-0.15, -0.1) is 10.2 Å². The highest BCUT2D eigenvalue weighted by Gasteiger charge is 2.23. The van der Waals surface area contributed by atoms with Crippen LogP contribution in [-0.4, -0.2) is 51.6 Å². The van der Waals surface area contributed by atoms with Crippen molar-refractivity contribution in [1.82, 2.24) is 19.5 Å². The average molecular weight is 301 g/mol. The number of carbonyl (C=O) groups is 1. The first-order chi connectivity index (χ1) is 10.6. The third-order valence-corrected chi connectivity index (χ3v) is 4.15. The van der Waals surface area contributed by atoms with Gasteiger partial charge in [0.2, 0.25) is 11.9 Å². The van der Waals surface area contributed by atoms with E-state index < -0.39 is 0 Å². The third-order valence-electron chi connectivity index (χ3n) is 4.15. The Morgan fingerprint density at radius 3 is 2.68 bits per heavy atom. The lowest BCUT2D eigenvalue weighted by molar-refractivity contribution is -0.131. The molecule has 0 atom stereocenters. The lowest BCUT2D eigenvalue weighted by atomic mass is 10.1. The van der Waals surface area contributed by atoms with Crippen LogP contribution in [0.15, 0.2) is 24.4 Å². The van der Waals surface area contributed by atoms with E-state index in [2.05, 4.69) is 28.9 Å². The van der Waals surface area contributed by atoms with E-state index in [-0.39, 0.29) is 5.91 Å². The number of aromatic nitrogens is 3. The van der Waals surface area contributed by atoms with Crippen molar-refractivity contribution in [3.8, 4) is 0 Å². The number of amides is 1. The number of hydrogen-bond donors (Lipinski definition) is 0. The van der Waals surface area contributed by atoms with Gasteiger partial charge < -0.3 is 9.80 Å². The summed E-state index contributed by atoms with van der Waals surface area (Å²) in [7, 11) is 0. The molecule has 0 N–H and O–H groups in total. The van der Waals surface area contributed by atoms with Crippen LogP contribution in [-0.2, 0) is 4.79 Å². The summed E-state index contributed by atoms with van der Waals surface area (Å²) in [5, 5.41) is 8.47. The highest BCUT2D eigenvalue weighted by molar-refractivity contribution is 5.76. The Labute approximate surface area is 130 Å². The van der Waals surface area contributed by atoms with Crippen LogP contribution in [0.25, 0.3) is 5.65 Å². The molecule has 1 amide bonds. The quantitative estimate of drug-likeness (QED) is 0.864. The van der Waals surface area contributed by atoms with Crippen molar-refractivity contribution in [3.05, 3.63) is 24.4 Å². The minimum absolute atomic E-state index is 0.277. The maximum absolute atomic E-state index is 12.2. The van der Waals surface area contributed by atoms with E-state index in [1.165, 1.54) is 0 Å². The Morgan fingerprint density at radius 2 is 1.95 bits per heavy atom. The number of anilines is 1. The standard InChI is InChI=1S/C16H23N5O/c1-13(2)6-7-15(22)19-9-11-20(12-10-19)16-18-17-14-5-3-4-8-21(14)16/h3-5,8,13H,6-7,9-12H2,1-2H3. The molecule has 0 spiro atoms. The second kappa shape index (κ2) is 6.34. The monoisotopic (exact) mass is 301 g/mol. The highest BCUT2D eigenvalue weighted by Crippen LogP contribution is 2.16. The van der Waals surface area contributed by atoms with Gasteiger partial charge in [-0.05, 0) is 24.5 Å². The Bertz CT molecular complexity index is 643. The van der Waals surface area contributed by atoms with Crippen LogP contribution in [0.2, 0.25) is 0 Å². The fraction of sp³-hybridized carbons (Fsp3) is 0.562. The first-order valence-electron chi connectivity index (χ1n) is 7.97. The number of fused-ring (bicyclic) bond motifs is 1. The van der Waals surface area contributed by atoms with Gasteiger partial charge in [0.15, 0.2) is 5.65 Å². The predicted molar refractivity (Wildman–Crippen MR) is 85.9 cm³/mol. The van der Waals surface area contributed by atoms with Gasteiger partial charge in [-0.2, -0.15) is 0 Å². The number of piperazine rings is 1. The maximum atomic E-state index is 12.2. The second-order valence-electron chi connectivity index (χ2n) is 6.23. The van der Waals surface area contributed by atoms with Crippen LogP contribution in [0.3, 0.4) is 0 Å². The Balaban J connectivity index is 1.61. The van der Waals surface area contributed by atoms with E-state index in [9.17, 15) is 4.79 Å². The van der Waals surface area contributed by atoms with Crippen molar-refractivity contribution >= 4 is 17.5 Å². The first-order valence-corrected chi connectivity index (χ1v) is 7.97. The molecule has 0 saturated carbocycles. The molecule has 6 nitrogen and oxygen atoms in total. The number of hydrogen-bond acceptors (Lipinski definition) is 4. The zero-order chi connectivity index (χ0) is 15.5. The van der Waals surface area contributed by atoms with Crippen molar-refractivity contribution in [2.45, 2.75) is 26.7 Å². The molecule has 2 aromatic rings. The SMILES string of the molecule is CC(C)CCC(=O)N1CCN(c2nnc3ccccn23)CC1. The van der Waals surface area contributed by atoms with Crippen molar-refractivity contribution in [2.24, 2.45) is 5.92 Å². The molecule has 3 rings (SSSR count). The summed E-state index contributed by atoms with van der Waals surface area (Å²) in [6, 6.07) is 5.88. The van der Waals surface area contributed by atoms with E-state index in [1.54, 1.807) is 0 Å². The second-order valence-corrected chi connectivity index (χ2v) is 6.23. The molecule has 22 heavy (non-hydrogen) atoms. The molecule has 0 unspecified atom stereocenters. The van der Waals surface area contributed by atoms with Crippen LogP contribution in [0, 0.1) is 5.92 Å². The summed E-state index contributed by atoms with van der Waals surface area (Å²) in [6.45, 7) is 7.45. The fourth-order valence-corrected chi connectivity index (χ4v) is 2.77. The zero-order valence-electron chi connectivity index (χ0n) is 13.3. The minimum atomic E-state index is 0.277. The number of nitrogens with zero attached hydrogens (tertiary/aromatic N) is 5. The molecular formula is C16H23N5O. The molecular weight excluding hydrogens is 278 g/mol. The summed E-state index contributed by atoms with van der Waals surface area (Å²) in [5.74, 6) is 1.72. The van der Waals surface area contributed by atoms with Crippen LogP contribution < -0.4 is 4.90 Å². The lowest BCUT2D eigenvalue weighted by Gasteiger charge is -2.34. The predicted octanol–water partition coefficient (Wildman–Crippen LogP) is 1.81. The Kier molecular flexibility index (Phi) is 4.27. The van der Waals surface area contributed by atoms with E-state index in [0.29, 0.717) is 12.3 Å². The van der Waals surface area contributed by atoms with Crippen LogP contribution in [0.1, 0.15) is 26.7 Å². The molecule has 6 heteroatoms. The molecule has 1 aliphatic rings. The van der Waals surface area contributed by atoms with Gasteiger partial charge in [-0.3, -0.25) is 9.20 Å². The molecule has 118 valence electrons. The van der Waals surface area contributed by atoms with Gasteiger partial charge in [0, 0.05) is 38.8 Å². The molecule has 1 fully saturated rings. The van der Waals surface area contributed by atoms with E-state index >= 15 is 0 Å². The average Bonchev–Trinajstić information content (AvgIpc) is 2.97. The topological polar surface area (TPSA) is 53.7 Å². The molecule has 1 saturated heterocycles. The third kappa shape index (κ3) is 3.05. The molecule has 0 bridgehead atoms. The highest BCUT2D eigenvalue weighted by atomic mass is 16.2. The fourth-order valence-electron chi connectivity index (χ4n) is 2.77. The molecule has 0 radical (unpaired) electrons. The smallest absolute Gasteiger partial charge is 0.231 e. The molecule has 0 aliphatic carbocycles. The summed E-state index contributed by atoms with van der Waals surface area (Å²) in [4.78, 5) is 16.4. The Hall–Kier alpha value is -2.11. The van der Waals surface area contributed by atoms with Crippen molar-refractivity contribution in [3.63, 3.8) is 0 Å². The minimum Gasteiger partial charge on any atom is -0.339 e. The van der Waals surface area contributed by atoms with Crippen LogP contribution >= 0.6 is 0 Å². The van der Waals surface area contributed by atoms with E-state index in [4.69, 9.17) is 0 Å². The molecule has 3 heterocycles. The summed E-state index contributed by atoms with van der Waals surface area (Å²) < 4.78 is 2.00. The molecule has 1 aliphatic heterocycles. The maximum Gasteiger partial charge on any atom is 0.231 e. The summed E-state index contributed by atoms with van der Waals surface area (Å²) >= 11 is 0. The molecule has 0 aromatic carbocycles. The van der Waals surface area contributed by atoms with Gasteiger partial charge >= 0.3 is 0 Å². The van der Waals surface area contributed by atoms with Crippen molar-refractivity contribution in [2.75, 3.05) is 31.1 Å². The normalized spacial score (nSPS) is 15.8. The van der Waals surface area contributed by atoms with Crippen LogP contribution in [0.4, 0.5) is 5.95 Å². The van der Waals surface area contributed by atoms with Crippen LogP contribution in [0.5, 0.6) is 0 Å². The van der Waals surface area contributed by atoms with E-state index in [0.717, 1.165) is 44.2 Å². The number of pyridine rings is 1. The molecule has 2 aromatic heterocycles. The largest absolute Gasteiger partial charge is 0.339 e. The van der Waals surface area contributed by atoms with Gasteiger partial charge in [0.05, 0.1) is 0 Å². The number of carbonyl (C=O) groups excluding carboxylic acids is 1. The number of rotatable bonds is 4. The summed E-state index contributed by atoms with van der Waals surface area (Å²) in [5.41, 5.74) is 0.855. The summed E-state index contributed by atoms with van der Waals surface area (Å²) in [6.07, 6.45) is 3.60. The zero-order valence-corrected chi connectivity index (χ0v) is 13.3. The van der Waals surface area contributed by atoms with Crippen molar-refractivity contribution < 1.29 is 4.79 Å².